The number of aliphatic hydroxyl groups excluding tert-OH is 1. The van der Waals surface area contributed by atoms with Gasteiger partial charge < -0.3 is 15.2 Å². The molecule has 6 nitrogen and oxygen atoms in total. The molecule has 0 amide bonds. The Morgan fingerprint density at radius 3 is 2.61 bits per heavy atom. The summed E-state index contributed by atoms with van der Waals surface area (Å²) in [6.45, 7) is 3.39. The second-order valence-corrected chi connectivity index (χ2v) is 8.11. The molecule has 9 heteroatoms. The molecule has 0 radical (unpaired) electrons. The fourth-order valence-corrected chi connectivity index (χ4v) is 4.06. The Labute approximate surface area is 189 Å². The Morgan fingerprint density at radius 2 is 1.94 bits per heavy atom. The maximum Gasteiger partial charge on any atom is 0.266 e. The second kappa shape index (κ2) is 9.35. The SMILES string of the molecule is COc1nc2nc(C)nc(NC(C)c3cccc(C(F)F)c3F)c2cc1C1=CCC(O)CC1. The van der Waals surface area contributed by atoms with Gasteiger partial charge in [-0.1, -0.05) is 24.3 Å². The number of rotatable bonds is 6. The summed E-state index contributed by atoms with van der Waals surface area (Å²) in [6, 6.07) is 5.19. The van der Waals surface area contributed by atoms with Gasteiger partial charge in [0.2, 0.25) is 5.88 Å². The van der Waals surface area contributed by atoms with Crippen molar-refractivity contribution < 1.29 is 23.0 Å². The standard InChI is InChI=1S/C24H25F3N4O2/c1-12(16-5-4-6-17(20(16)25)21(26)27)28-22-19-11-18(14-7-9-15(32)10-8-14)24(33-3)31-23(19)30-13(2)29-22/h4-7,11-12,15,21,32H,8-10H2,1-3H3,(H,28,29,30,31). The fourth-order valence-electron chi connectivity index (χ4n) is 4.06. The Bertz CT molecular complexity index is 1220. The molecule has 0 saturated heterocycles. The third kappa shape index (κ3) is 4.64. The molecule has 2 atom stereocenters. The lowest BCUT2D eigenvalue weighted by atomic mass is 9.92. The van der Waals surface area contributed by atoms with Crippen LogP contribution in [0.2, 0.25) is 0 Å². The summed E-state index contributed by atoms with van der Waals surface area (Å²) in [4.78, 5) is 13.4. The van der Waals surface area contributed by atoms with Gasteiger partial charge in [0.05, 0.1) is 30.2 Å². The van der Waals surface area contributed by atoms with Crippen molar-refractivity contribution in [1.82, 2.24) is 15.0 Å². The summed E-state index contributed by atoms with van der Waals surface area (Å²) in [5, 5.41) is 13.6. The van der Waals surface area contributed by atoms with Gasteiger partial charge in [0.15, 0.2) is 5.65 Å². The molecular weight excluding hydrogens is 433 g/mol. The van der Waals surface area contributed by atoms with Gasteiger partial charge in [0, 0.05) is 11.1 Å². The number of aliphatic hydroxyl groups is 1. The Balaban J connectivity index is 1.78. The first-order chi connectivity index (χ1) is 15.8. The van der Waals surface area contributed by atoms with Gasteiger partial charge in [-0.3, -0.25) is 0 Å². The highest BCUT2D eigenvalue weighted by Crippen LogP contribution is 2.36. The van der Waals surface area contributed by atoms with Crippen molar-refractivity contribution in [1.29, 1.82) is 0 Å². The third-order valence-electron chi connectivity index (χ3n) is 5.80. The molecule has 2 aromatic heterocycles. The zero-order valence-corrected chi connectivity index (χ0v) is 18.6. The van der Waals surface area contributed by atoms with Crippen molar-refractivity contribution in [3.63, 3.8) is 0 Å². The van der Waals surface area contributed by atoms with Gasteiger partial charge in [0.1, 0.15) is 17.5 Å². The number of hydrogen-bond acceptors (Lipinski definition) is 6. The molecule has 1 aliphatic carbocycles. The monoisotopic (exact) mass is 458 g/mol. The second-order valence-electron chi connectivity index (χ2n) is 8.11. The van der Waals surface area contributed by atoms with E-state index in [1.807, 2.05) is 12.1 Å². The molecule has 0 bridgehead atoms. The van der Waals surface area contributed by atoms with E-state index >= 15 is 0 Å². The highest BCUT2D eigenvalue weighted by Gasteiger charge is 2.22. The topological polar surface area (TPSA) is 80.2 Å². The zero-order chi connectivity index (χ0) is 23.7. The summed E-state index contributed by atoms with van der Waals surface area (Å²) in [6.07, 6.45) is 0.553. The average molecular weight is 458 g/mol. The molecule has 174 valence electrons. The van der Waals surface area contributed by atoms with E-state index in [-0.39, 0.29) is 11.7 Å². The molecule has 2 unspecified atom stereocenters. The molecule has 1 aliphatic rings. The van der Waals surface area contributed by atoms with E-state index in [1.165, 1.54) is 19.2 Å². The van der Waals surface area contributed by atoms with Gasteiger partial charge in [-0.25, -0.2) is 23.1 Å². The first-order valence-corrected chi connectivity index (χ1v) is 10.7. The van der Waals surface area contributed by atoms with E-state index in [0.717, 1.165) is 17.2 Å². The van der Waals surface area contributed by atoms with Crippen molar-refractivity contribution in [3.05, 3.63) is 58.7 Å². The lowest BCUT2D eigenvalue weighted by Crippen LogP contribution is -2.13. The molecule has 3 aromatic rings. The number of halogens is 3. The normalized spacial score (nSPS) is 17.2. The van der Waals surface area contributed by atoms with Gasteiger partial charge in [-0.15, -0.1) is 0 Å². The number of fused-ring (bicyclic) bond motifs is 1. The number of aromatic nitrogens is 3. The Hall–Kier alpha value is -3.20. The third-order valence-corrected chi connectivity index (χ3v) is 5.80. The van der Waals surface area contributed by atoms with Crippen LogP contribution in [0.3, 0.4) is 0 Å². The minimum Gasteiger partial charge on any atom is -0.481 e. The largest absolute Gasteiger partial charge is 0.481 e. The quantitative estimate of drug-likeness (QED) is 0.506. The lowest BCUT2D eigenvalue weighted by molar-refractivity contribution is 0.146. The van der Waals surface area contributed by atoms with Crippen molar-refractivity contribution in [3.8, 4) is 5.88 Å². The first-order valence-electron chi connectivity index (χ1n) is 10.7. The molecule has 2 heterocycles. The maximum absolute atomic E-state index is 14.7. The molecule has 2 N–H and O–H groups in total. The average Bonchev–Trinajstić information content (AvgIpc) is 2.78. The Kier molecular flexibility index (Phi) is 6.51. The number of alkyl halides is 2. The van der Waals surface area contributed by atoms with Crippen LogP contribution in [0.5, 0.6) is 5.88 Å². The number of benzene rings is 1. The Morgan fingerprint density at radius 1 is 1.18 bits per heavy atom. The minimum absolute atomic E-state index is 0.114. The van der Waals surface area contributed by atoms with Crippen molar-refractivity contribution in [2.24, 2.45) is 0 Å². The van der Waals surface area contributed by atoms with Gasteiger partial charge in [-0.2, -0.15) is 4.98 Å². The molecule has 33 heavy (non-hydrogen) atoms. The smallest absolute Gasteiger partial charge is 0.266 e. The predicted octanol–water partition coefficient (Wildman–Crippen LogP) is 5.52. The van der Waals surface area contributed by atoms with Crippen LogP contribution in [0.15, 0.2) is 30.3 Å². The number of pyridine rings is 1. The molecule has 0 aliphatic heterocycles. The lowest BCUT2D eigenvalue weighted by Gasteiger charge is -2.21. The maximum atomic E-state index is 14.7. The van der Waals surface area contributed by atoms with E-state index in [9.17, 15) is 18.3 Å². The van der Waals surface area contributed by atoms with Crippen molar-refractivity contribution in [2.45, 2.75) is 51.7 Å². The highest BCUT2D eigenvalue weighted by molar-refractivity contribution is 5.91. The molecule has 0 spiro atoms. The number of nitrogens with one attached hydrogen (secondary N) is 1. The van der Waals surface area contributed by atoms with E-state index in [0.29, 0.717) is 47.8 Å². The van der Waals surface area contributed by atoms with E-state index < -0.39 is 23.8 Å². The van der Waals surface area contributed by atoms with Crippen LogP contribution in [-0.2, 0) is 0 Å². The predicted molar refractivity (Wildman–Crippen MR) is 120 cm³/mol. The zero-order valence-electron chi connectivity index (χ0n) is 18.6. The number of methoxy groups -OCH3 is 1. The number of ether oxygens (including phenoxy) is 1. The molecule has 4 rings (SSSR count). The first kappa shape index (κ1) is 23.0. The minimum atomic E-state index is -2.90. The van der Waals surface area contributed by atoms with Gasteiger partial charge in [0.25, 0.3) is 6.43 Å². The van der Waals surface area contributed by atoms with Gasteiger partial charge in [-0.05, 0) is 44.7 Å². The van der Waals surface area contributed by atoms with Crippen LogP contribution < -0.4 is 10.1 Å². The summed E-state index contributed by atoms with van der Waals surface area (Å²) >= 11 is 0. The summed E-state index contributed by atoms with van der Waals surface area (Å²) in [5.41, 5.74) is 1.65. The van der Waals surface area contributed by atoms with Crippen LogP contribution in [0.25, 0.3) is 16.6 Å². The number of allylic oxidation sites excluding steroid dienone is 1. The van der Waals surface area contributed by atoms with E-state index in [1.54, 1.807) is 13.8 Å². The number of anilines is 1. The molecule has 1 aromatic carbocycles. The summed E-state index contributed by atoms with van der Waals surface area (Å²) in [5.74, 6) is 0.341. The summed E-state index contributed by atoms with van der Waals surface area (Å²) in [7, 11) is 1.53. The van der Waals surface area contributed by atoms with Crippen molar-refractivity contribution in [2.75, 3.05) is 12.4 Å². The van der Waals surface area contributed by atoms with Crippen LogP contribution in [0, 0.1) is 12.7 Å². The van der Waals surface area contributed by atoms with Crippen LogP contribution in [0.4, 0.5) is 19.0 Å². The van der Waals surface area contributed by atoms with E-state index in [4.69, 9.17) is 4.74 Å². The highest BCUT2D eigenvalue weighted by atomic mass is 19.3. The van der Waals surface area contributed by atoms with Crippen molar-refractivity contribution >= 4 is 22.4 Å². The van der Waals surface area contributed by atoms with Crippen LogP contribution >= 0.6 is 0 Å². The summed E-state index contributed by atoms with van der Waals surface area (Å²) < 4.78 is 46.5. The molecule has 0 saturated carbocycles. The van der Waals surface area contributed by atoms with Crippen LogP contribution in [0.1, 0.15) is 61.2 Å². The number of hydrogen-bond donors (Lipinski definition) is 2. The number of nitrogens with zero attached hydrogens (tertiary/aromatic N) is 3. The molecule has 0 fully saturated rings. The van der Waals surface area contributed by atoms with E-state index in [2.05, 4.69) is 20.3 Å². The fraction of sp³-hybridized carbons (Fsp3) is 0.375. The number of aryl methyl sites for hydroxylation is 1. The van der Waals surface area contributed by atoms with Crippen LogP contribution in [-0.4, -0.2) is 33.3 Å². The molecular formula is C24H25F3N4O2. The van der Waals surface area contributed by atoms with Gasteiger partial charge >= 0.3 is 0 Å².